The highest BCUT2D eigenvalue weighted by Gasteiger charge is 2.18. The number of ether oxygens (including phenoxy) is 1. The second-order valence-electron chi connectivity index (χ2n) is 4.42. The van der Waals surface area contributed by atoms with Gasteiger partial charge in [0.05, 0.1) is 11.5 Å². The van der Waals surface area contributed by atoms with Crippen LogP contribution in [0, 0.1) is 6.92 Å². The summed E-state index contributed by atoms with van der Waals surface area (Å²) in [6.45, 7) is 3.77. The van der Waals surface area contributed by atoms with E-state index >= 15 is 0 Å². The Morgan fingerprint density at radius 1 is 1.43 bits per heavy atom. The zero-order chi connectivity index (χ0) is 16.0. The molecule has 0 amide bonds. The molecule has 1 rings (SSSR count). The molecule has 0 heterocycles. The molecule has 0 atom stereocenters. The van der Waals surface area contributed by atoms with E-state index in [4.69, 9.17) is 22.1 Å². The molecule has 0 aliphatic rings. The van der Waals surface area contributed by atoms with Gasteiger partial charge in [-0.1, -0.05) is 11.6 Å². The minimum Gasteiger partial charge on any atom is -0.466 e. The summed E-state index contributed by atoms with van der Waals surface area (Å²) in [5.41, 5.74) is 6.46. The van der Waals surface area contributed by atoms with Crippen molar-refractivity contribution >= 4 is 33.3 Å². The summed E-state index contributed by atoms with van der Waals surface area (Å²) in [6, 6.07) is 2.84. The van der Waals surface area contributed by atoms with Crippen LogP contribution in [0.5, 0.6) is 0 Å². The van der Waals surface area contributed by atoms with Crippen molar-refractivity contribution in [1.82, 2.24) is 4.72 Å². The van der Waals surface area contributed by atoms with Crippen molar-refractivity contribution in [2.24, 2.45) is 0 Å². The van der Waals surface area contributed by atoms with Crippen molar-refractivity contribution in [3.63, 3.8) is 0 Å². The van der Waals surface area contributed by atoms with Crippen molar-refractivity contribution in [3.8, 4) is 0 Å². The molecule has 0 aliphatic heterocycles. The summed E-state index contributed by atoms with van der Waals surface area (Å²) >= 11 is 5.83. The Morgan fingerprint density at radius 2 is 2.10 bits per heavy atom. The van der Waals surface area contributed by atoms with Gasteiger partial charge in [-0.2, -0.15) is 0 Å². The quantitative estimate of drug-likeness (QED) is 0.450. The third kappa shape index (κ3) is 5.18. The Balaban J connectivity index is 2.69. The first-order valence-electron chi connectivity index (χ1n) is 6.49. The summed E-state index contributed by atoms with van der Waals surface area (Å²) in [7, 11) is -3.71. The third-order valence-electron chi connectivity index (χ3n) is 2.81. The predicted octanol–water partition coefficient (Wildman–Crippen LogP) is 1.85. The largest absolute Gasteiger partial charge is 0.466 e. The Kier molecular flexibility index (Phi) is 6.44. The number of nitrogens with one attached hydrogen (secondary N) is 1. The average Bonchev–Trinajstić information content (AvgIpc) is 2.39. The lowest BCUT2D eigenvalue weighted by Crippen LogP contribution is -2.26. The molecule has 8 heteroatoms. The minimum atomic E-state index is -3.71. The van der Waals surface area contributed by atoms with E-state index in [1.54, 1.807) is 13.8 Å². The molecular weight excluding hydrogens is 316 g/mol. The molecule has 0 unspecified atom stereocenters. The van der Waals surface area contributed by atoms with Crippen LogP contribution in [0.1, 0.15) is 25.3 Å². The minimum absolute atomic E-state index is 0.0450. The molecular formula is C13H19ClN2O4S. The van der Waals surface area contributed by atoms with Gasteiger partial charge in [-0.25, -0.2) is 13.1 Å². The van der Waals surface area contributed by atoms with Crippen LogP contribution in [0.3, 0.4) is 0 Å². The van der Waals surface area contributed by atoms with E-state index in [1.807, 2.05) is 0 Å². The first-order chi connectivity index (χ1) is 9.77. The molecule has 0 fully saturated rings. The van der Waals surface area contributed by atoms with Crippen LogP contribution in [-0.4, -0.2) is 27.5 Å². The number of rotatable bonds is 7. The van der Waals surface area contributed by atoms with E-state index in [2.05, 4.69) is 4.72 Å². The van der Waals surface area contributed by atoms with Crippen molar-refractivity contribution in [2.75, 3.05) is 18.9 Å². The summed E-state index contributed by atoms with van der Waals surface area (Å²) in [6.07, 6.45) is 0.514. The van der Waals surface area contributed by atoms with Crippen LogP contribution in [0.15, 0.2) is 17.0 Å². The van der Waals surface area contributed by atoms with Crippen molar-refractivity contribution in [2.45, 2.75) is 31.6 Å². The molecule has 1 aromatic carbocycles. The highest BCUT2D eigenvalue weighted by Crippen LogP contribution is 2.25. The molecule has 118 valence electrons. The van der Waals surface area contributed by atoms with E-state index in [-0.39, 0.29) is 28.9 Å². The standard InChI is InChI=1S/C13H19ClN2O4S/c1-3-20-13(17)5-4-6-16-21(18,19)12-8-10(14)7-11(15)9(12)2/h7-8,16H,3-6,15H2,1-2H3. The monoisotopic (exact) mass is 334 g/mol. The van der Waals surface area contributed by atoms with E-state index in [0.717, 1.165) is 0 Å². The number of esters is 1. The first kappa shape index (κ1) is 17.7. The van der Waals surface area contributed by atoms with Gasteiger partial charge in [-0.15, -0.1) is 0 Å². The van der Waals surface area contributed by atoms with Crippen molar-refractivity contribution < 1.29 is 17.9 Å². The second kappa shape index (κ2) is 7.63. The fraction of sp³-hybridized carbons (Fsp3) is 0.462. The fourth-order valence-electron chi connectivity index (χ4n) is 1.70. The van der Waals surface area contributed by atoms with Crippen molar-refractivity contribution in [1.29, 1.82) is 0 Å². The van der Waals surface area contributed by atoms with Crippen LogP contribution in [-0.2, 0) is 19.6 Å². The van der Waals surface area contributed by atoms with E-state index in [0.29, 0.717) is 24.3 Å². The SMILES string of the molecule is CCOC(=O)CCCNS(=O)(=O)c1cc(Cl)cc(N)c1C. The highest BCUT2D eigenvalue weighted by molar-refractivity contribution is 7.89. The van der Waals surface area contributed by atoms with Crippen LogP contribution < -0.4 is 10.5 Å². The number of carbonyl (C=O) groups is 1. The molecule has 0 bridgehead atoms. The molecule has 0 aromatic heterocycles. The zero-order valence-corrected chi connectivity index (χ0v) is 13.6. The van der Waals surface area contributed by atoms with Crippen LogP contribution >= 0.6 is 11.6 Å². The van der Waals surface area contributed by atoms with Gasteiger partial charge in [-0.05, 0) is 38.0 Å². The summed E-state index contributed by atoms with van der Waals surface area (Å²) in [5, 5.41) is 0.255. The van der Waals surface area contributed by atoms with Gasteiger partial charge >= 0.3 is 5.97 Å². The summed E-state index contributed by atoms with van der Waals surface area (Å²) in [4.78, 5) is 11.2. The lowest BCUT2D eigenvalue weighted by molar-refractivity contribution is -0.143. The van der Waals surface area contributed by atoms with Gasteiger partial charge < -0.3 is 10.5 Å². The number of sulfonamides is 1. The molecule has 0 spiro atoms. The normalized spacial score (nSPS) is 11.4. The lowest BCUT2D eigenvalue weighted by Gasteiger charge is -2.11. The number of anilines is 1. The molecule has 6 nitrogen and oxygen atoms in total. The van der Waals surface area contributed by atoms with E-state index < -0.39 is 10.0 Å². The van der Waals surface area contributed by atoms with E-state index in [9.17, 15) is 13.2 Å². The van der Waals surface area contributed by atoms with Crippen LogP contribution in [0.25, 0.3) is 0 Å². The first-order valence-corrected chi connectivity index (χ1v) is 8.35. The maximum absolute atomic E-state index is 12.2. The van der Waals surface area contributed by atoms with Gasteiger partial charge in [-0.3, -0.25) is 4.79 Å². The molecule has 0 saturated carbocycles. The van der Waals surface area contributed by atoms with Crippen molar-refractivity contribution in [3.05, 3.63) is 22.7 Å². The number of halogens is 1. The Labute approximate surface area is 129 Å². The fourth-order valence-corrected chi connectivity index (χ4v) is 3.37. The molecule has 0 radical (unpaired) electrons. The number of nitrogen functional groups attached to an aromatic ring is 1. The zero-order valence-electron chi connectivity index (χ0n) is 12.0. The maximum atomic E-state index is 12.2. The van der Waals surface area contributed by atoms with Gasteiger partial charge in [0.25, 0.3) is 0 Å². The molecule has 21 heavy (non-hydrogen) atoms. The second-order valence-corrected chi connectivity index (χ2v) is 6.60. The number of nitrogens with two attached hydrogens (primary N) is 1. The third-order valence-corrected chi connectivity index (χ3v) is 4.62. The lowest BCUT2D eigenvalue weighted by atomic mass is 10.2. The maximum Gasteiger partial charge on any atom is 0.305 e. The Bertz CT molecular complexity index is 617. The number of benzene rings is 1. The smallest absolute Gasteiger partial charge is 0.305 e. The van der Waals surface area contributed by atoms with E-state index in [1.165, 1.54) is 12.1 Å². The predicted molar refractivity (Wildman–Crippen MR) is 81.7 cm³/mol. The summed E-state index contributed by atoms with van der Waals surface area (Å²) in [5.74, 6) is -0.347. The Morgan fingerprint density at radius 3 is 2.71 bits per heavy atom. The highest BCUT2D eigenvalue weighted by atomic mass is 35.5. The summed E-state index contributed by atoms with van der Waals surface area (Å²) < 4.78 is 31.6. The molecule has 1 aromatic rings. The molecule has 0 aliphatic carbocycles. The van der Waals surface area contributed by atoms with Crippen LogP contribution in [0.2, 0.25) is 5.02 Å². The van der Waals surface area contributed by atoms with Gasteiger partial charge in [0.15, 0.2) is 0 Å². The average molecular weight is 335 g/mol. The number of hydrogen-bond donors (Lipinski definition) is 2. The van der Waals surface area contributed by atoms with Gasteiger partial charge in [0.1, 0.15) is 0 Å². The Hall–Kier alpha value is -1.31. The number of carbonyl (C=O) groups excluding carboxylic acids is 1. The number of hydrogen-bond acceptors (Lipinski definition) is 5. The van der Waals surface area contributed by atoms with Crippen LogP contribution in [0.4, 0.5) is 5.69 Å². The molecule has 0 saturated heterocycles. The van der Waals surface area contributed by atoms with Gasteiger partial charge in [0, 0.05) is 23.7 Å². The molecule has 3 N–H and O–H groups in total. The van der Waals surface area contributed by atoms with Gasteiger partial charge in [0.2, 0.25) is 10.0 Å². The topological polar surface area (TPSA) is 98.5 Å².